The average Bonchev–Trinajstić information content (AvgIpc) is 3.21. The first-order valence-electron chi connectivity index (χ1n) is 10.3. The van der Waals surface area contributed by atoms with Crippen LogP contribution in [0.1, 0.15) is 50.4 Å². The molecule has 150 valence electrons. The van der Waals surface area contributed by atoms with Crippen molar-refractivity contribution >= 4 is 23.6 Å². The van der Waals surface area contributed by atoms with E-state index in [4.69, 9.17) is 9.26 Å². The first-order valence-corrected chi connectivity index (χ1v) is 10.3. The Balaban J connectivity index is 1.36. The van der Waals surface area contributed by atoms with Crippen molar-refractivity contribution in [3.8, 4) is 0 Å². The number of aliphatic imine (C=N–C) groups is 1. The number of carbonyl (C=O) groups excluding carboxylic acids is 1. The van der Waals surface area contributed by atoms with E-state index in [1.54, 1.807) is 6.34 Å². The molecule has 2 aromatic rings. The average molecular weight is 393 g/mol. The standard InChI is InChI=1S/C21H23N5O3/c1-21(8-9-21)20-23-18(29-24-20)16-17-19(27)25(11-13-5-4-10-28-13)14-6-2-3-7-15(14)26(17)12-22-16/h2-3,6-7,12-13,16-17H,4-5,8-11H2,1H3. The second kappa shape index (κ2) is 6.13. The second-order valence-electron chi connectivity index (χ2n) is 8.65. The zero-order valence-electron chi connectivity index (χ0n) is 16.3. The molecule has 1 aromatic carbocycles. The van der Waals surface area contributed by atoms with E-state index in [9.17, 15) is 4.79 Å². The minimum Gasteiger partial charge on any atom is -0.376 e. The zero-order chi connectivity index (χ0) is 19.6. The van der Waals surface area contributed by atoms with Gasteiger partial charge >= 0.3 is 0 Å². The molecule has 1 saturated carbocycles. The number of carbonyl (C=O) groups is 1. The Hall–Kier alpha value is -2.74. The van der Waals surface area contributed by atoms with Gasteiger partial charge < -0.3 is 19.1 Å². The van der Waals surface area contributed by atoms with Crippen molar-refractivity contribution in [1.29, 1.82) is 0 Å². The summed E-state index contributed by atoms with van der Waals surface area (Å²) in [6, 6.07) is 6.95. The summed E-state index contributed by atoms with van der Waals surface area (Å²) in [6.45, 7) is 3.45. The third kappa shape index (κ3) is 2.62. The molecule has 3 unspecified atom stereocenters. The van der Waals surface area contributed by atoms with Gasteiger partial charge in [0.15, 0.2) is 11.9 Å². The lowest BCUT2D eigenvalue weighted by molar-refractivity contribution is -0.120. The maximum absolute atomic E-state index is 13.6. The summed E-state index contributed by atoms with van der Waals surface area (Å²) in [5, 5.41) is 4.18. The van der Waals surface area contributed by atoms with Crippen LogP contribution < -0.4 is 9.80 Å². The molecule has 4 aliphatic rings. The van der Waals surface area contributed by atoms with Crippen LogP contribution in [0.25, 0.3) is 0 Å². The van der Waals surface area contributed by atoms with Crippen LogP contribution in [0.3, 0.4) is 0 Å². The summed E-state index contributed by atoms with van der Waals surface area (Å²) in [6.07, 6.45) is 5.96. The van der Waals surface area contributed by atoms with Gasteiger partial charge in [-0.25, -0.2) is 0 Å². The summed E-state index contributed by atoms with van der Waals surface area (Å²) in [5.41, 5.74) is 1.88. The highest BCUT2D eigenvalue weighted by molar-refractivity contribution is 6.11. The summed E-state index contributed by atoms with van der Waals surface area (Å²) >= 11 is 0. The predicted octanol–water partition coefficient (Wildman–Crippen LogP) is 2.60. The molecule has 1 saturated heterocycles. The van der Waals surface area contributed by atoms with E-state index in [1.807, 2.05) is 34.1 Å². The number of ether oxygens (including phenoxy) is 1. The Kier molecular flexibility index (Phi) is 3.62. The van der Waals surface area contributed by atoms with Crippen LogP contribution in [0.2, 0.25) is 0 Å². The van der Waals surface area contributed by atoms with Crippen LogP contribution in [0, 0.1) is 0 Å². The van der Waals surface area contributed by atoms with E-state index in [0.29, 0.717) is 12.4 Å². The number of rotatable bonds is 4. The third-order valence-electron chi connectivity index (χ3n) is 6.56. The molecule has 0 N–H and O–H groups in total. The molecule has 29 heavy (non-hydrogen) atoms. The lowest BCUT2D eigenvalue weighted by Gasteiger charge is -2.39. The number of hydrogen-bond donors (Lipinski definition) is 0. The topological polar surface area (TPSA) is 84.1 Å². The van der Waals surface area contributed by atoms with Crippen molar-refractivity contribution < 1.29 is 14.1 Å². The number of aromatic nitrogens is 2. The van der Waals surface area contributed by atoms with Crippen molar-refractivity contribution in [1.82, 2.24) is 10.1 Å². The van der Waals surface area contributed by atoms with Crippen molar-refractivity contribution in [2.24, 2.45) is 4.99 Å². The number of para-hydroxylation sites is 2. The molecule has 8 nitrogen and oxygen atoms in total. The molecule has 3 atom stereocenters. The molecule has 4 heterocycles. The smallest absolute Gasteiger partial charge is 0.254 e. The van der Waals surface area contributed by atoms with Crippen molar-refractivity contribution in [2.45, 2.75) is 56.2 Å². The Morgan fingerprint density at radius 1 is 1.24 bits per heavy atom. The molecule has 6 rings (SSSR count). The predicted molar refractivity (Wildman–Crippen MR) is 106 cm³/mol. The van der Waals surface area contributed by atoms with Crippen LogP contribution in [0.5, 0.6) is 0 Å². The molecule has 1 aromatic heterocycles. The quantitative estimate of drug-likeness (QED) is 0.794. The largest absolute Gasteiger partial charge is 0.376 e. The fraction of sp³-hybridized carbons (Fsp3) is 0.524. The van der Waals surface area contributed by atoms with Crippen molar-refractivity contribution in [2.75, 3.05) is 23.0 Å². The van der Waals surface area contributed by atoms with E-state index in [1.165, 1.54) is 0 Å². The van der Waals surface area contributed by atoms with Crippen LogP contribution in [0.4, 0.5) is 11.4 Å². The Bertz CT molecular complexity index is 992. The molecule has 0 spiro atoms. The summed E-state index contributed by atoms with van der Waals surface area (Å²) in [7, 11) is 0. The highest BCUT2D eigenvalue weighted by Gasteiger charge is 2.50. The van der Waals surface area contributed by atoms with Gasteiger partial charge in [0.25, 0.3) is 11.8 Å². The summed E-state index contributed by atoms with van der Waals surface area (Å²) < 4.78 is 11.4. The third-order valence-corrected chi connectivity index (χ3v) is 6.56. The summed E-state index contributed by atoms with van der Waals surface area (Å²) in [5.74, 6) is 1.14. The fourth-order valence-corrected chi connectivity index (χ4v) is 4.50. The molecular weight excluding hydrogens is 370 g/mol. The van der Waals surface area contributed by atoms with Gasteiger partial charge in [-0.2, -0.15) is 4.98 Å². The maximum Gasteiger partial charge on any atom is 0.254 e. The maximum atomic E-state index is 13.6. The fourth-order valence-electron chi connectivity index (χ4n) is 4.50. The molecule has 0 radical (unpaired) electrons. The zero-order valence-corrected chi connectivity index (χ0v) is 16.3. The first-order chi connectivity index (χ1) is 14.1. The SMILES string of the molecule is CC1(c2noc(C3N=CN4c5ccccc5N(CC5CCCO5)C(=O)C34)n2)CC1. The van der Waals surface area contributed by atoms with E-state index >= 15 is 0 Å². The van der Waals surface area contributed by atoms with Gasteiger partial charge in [0.05, 0.1) is 30.4 Å². The molecule has 0 bridgehead atoms. The van der Waals surface area contributed by atoms with Gasteiger partial charge in [-0.3, -0.25) is 9.79 Å². The van der Waals surface area contributed by atoms with Gasteiger partial charge in [-0.05, 0) is 37.8 Å². The highest BCUT2D eigenvalue weighted by Crippen LogP contribution is 2.47. The van der Waals surface area contributed by atoms with Crippen LogP contribution in [-0.4, -0.2) is 47.7 Å². The van der Waals surface area contributed by atoms with Crippen LogP contribution in [-0.2, 0) is 14.9 Å². The summed E-state index contributed by atoms with van der Waals surface area (Å²) in [4.78, 5) is 26.6. The lowest BCUT2D eigenvalue weighted by atomic mass is 10.0. The minimum atomic E-state index is -0.508. The Morgan fingerprint density at radius 3 is 2.83 bits per heavy atom. The molecule has 1 amide bonds. The molecule has 8 heteroatoms. The molecular formula is C21H23N5O3. The number of nitrogens with zero attached hydrogens (tertiary/aromatic N) is 5. The Morgan fingerprint density at radius 2 is 2.07 bits per heavy atom. The van der Waals surface area contributed by atoms with E-state index in [2.05, 4.69) is 22.1 Å². The lowest BCUT2D eigenvalue weighted by Crippen LogP contribution is -2.54. The second-order valence-corrected chi connectivity index (χ2v) is 8.65. The number of anilines is 2. The number of hydrogen-bond acceptors (Lipinski definition) is 7. The van der Waals surface area contributed by atoms with Gasteiger partial charge in [-0.15, -0.1) is 0 Å². The Labute approximate surface area is 168 Å². The number of amides is 1. The normalized spacial score (nSPS) is 29.3. The van der Waals surface area contributed by atoms with E-state index < -0.39 is 12.1 Å². The van der Waals surface area contributed by atoms with E-state index in [0.717, 1.165) is 49.5 Å². The van der Waals surface area contributed by atoms with Crippen molar-refractivity contribution in [3.63, 3.8) is 0 Å². The monoisotopic (exact) mass is 393 g/mol. The number of fused-ring (bicyclic) bond motifs is 3. The molecule has 2 fully saturated rings. The van der Waals surface area contributed by atoms with Gasteiger partial charge in [-0.1, -0.05) is 24.2 Å². The van der Waals surface area contributed by atoms with Gasteiger partial charge in [0.2, 0.25) is 0 Å². The minimum absolute atomic E-state index is 0.000848. The van der Waals surface area contributed by atoms with Gasteiger partial charge in [0.1, 0.15) is 6.04 Å². The van der Waals surface area contributed by atoms with E-state index in [-0.39, 0.29) is 17.4 Å². The molecule has 1 aliphatic carbocycles. The van der Waals surface area contributed by atoms with Crippen LogP contribution in [0.15, 0.2) is 33.8 Å². The van der Waals surface area contributed by atoms with Gasteiger partial charge in [0, 0.05) is 12.0 Å². The van der Waals surface area contributed by atoms with Crippen LogP contribution >= 0.6 is 0 Å². The number of benzene rings is 1. The van der Waals surface area contributed by atoms with Crippen molar-refractivity contribution in [3.05, 3.63) is 36.0 Å². The highest BCUT2D eigenvalue weighted by atomic mass is 16.5. The molecule has 3 aliphatic heterocycles. The first kappa shape index (κ1) is 17.1.